The number of halogens is 3. The van der Waals surface area contributed by atoms with E-state index in [1.807, 2.05) is 11.0 Å². The quantitative estimate of drug-likeness (QED) is 0.660. The average Bonchev–Trinajstić information content (AvgIpc) is 3.21. The molecule has 0 aliphatic carbocycles. The van der Waals surface area contributed by atoms with Gasteiger partial charge in [-0.25, -0.2) is 0 Å². The molecule has 2 aliphatic rings. The number of benzene rings is 2. The van der Waals surface area contributed by atoms with Gasteiger partial charge < -0.3 is 14.7 Å². The maximum Gasteiger partial charge on any atom is 0.417 e. The number of carbonyl (C=O) groups is 2. The van der Waals surface area contributed by atoms with Gasteiger partial charge in [0.05, 0.1) is 23.1 Å². The predicted molar refractivity (Wildman–Crippen MR) is 125 cm³/mol. The van der Waals surface area contributed by atoms with Crippen LogP contribution in [0.4, 0.5) is 18.9 Å². The second-order valence-electron chi connectivity index (χ2n) is 9.53. The fraction of sp³-hybridized carbons (Fsp3) is 0.423. The third-order valence-electron chi connectivity index (χ3n) is 7.25. The molecule has 184 valence electrons. The Morgan fingerprint density at radius 3 is 2.31 bits per heavy atom. The van der Waals surface area contributed by atoms with Gasteiger partial charge in [0.2, 0.25) is 5.91 Å². The Balaban J connectivity index is 1.57. The molecule has 0 saturated carbocycles. The van der Waals surface area contributed by atoms with Crippen LogP contribution in [0.25, 0.3) is 0 Å². The van der Waals surface area contributed by atoms with Crippen molar-refractivity contribution in [2.24, 2.45) is 11.3 Å². The van der Waals surface area contributed by atoms with Crippen LogP contribution in [-0.4, -0.2) is 61.9 Å². The Kier molecular flexibility index (Phi) is 6.50. The number of nitrogens with zero attached hydrogens (tertiary/aromatic N) is 4. The Labute approximate surface area is 202 Å². The van der Waals surface area contributed by atoms with E-state index in [-0.39, 0.29) is 17.7 Å². The highest BCUT2D eigenvalue weighted by molar-refractivity contribution is 5.95. The molecule has 2 saturated heterocycles. The summed E-state index contributed by atoms with van der Waals surface area (Å²) in [5.74, 6) is -0.540. The highest BCUT2D eigenvalue weighted by Gasteiger charge is 2.52. The van der Waals surface area contributed by atoms with E-state index in [4.69, 9.17) is 5.26 Å². The lowest BCUT2D eigenvalue weighted by molar-refractivity contribution is -0.138. The molecule has 2 aromatic rings. The predicted octanol–water partition coefficient (Wildman–Crippen LogP) is 4.02. The van der Waals surface area contributed by atoms with Crippen molar-refractivity contribution in [2.75, 3.05) is 45.2 Å². The van der Waals surface area contributed by atoms with Crippen LogP contribution < -0.4 is 4.90 Å². The van der Waals surface area contributed by atoms with Crippen molar-refractivity contribution in [3.63, 3.8) is 0 Å². The number of likely N-dealkylation sites (tertiary alicyclic amines) is 1. The third-order valence-corrected chi connectivity index (χ3v) is 7.25. The molecule has 2 aliphatic heterocycles. The Morgan fingerprint density at radius 1 is 1.09 bits per heavy atom. The molecule has 35 heavy (non-hydrogen) atoms. The number of anilines is 1. The summed E-state index contributed by atoms with van der Waals surface area (Å²) in [4.78, 5) is 31.4. The number of alkyl halides is 3. The molecule has 1 spiro atoms. The van der Waals surface area contributed by atoms with E-state index >= 15 is 0 Å². The fourth-order valence-electron chi connectivity index (χ4n) is 5.32. The first-order valence-corrected chi connectivity index (χ1v) is 11.5. The minimum absolute atomic E-state index is 0.0421. The molecule has 2 fully saturated rings. The summed E-state index contributed by atoms with van der Waals surface area (Å²) in [6, 6.07) is 14.3. The number of amides is 2. The van der Waals surface area contributed by atoms with E-state index in [2.05, 4.69) is 0 Å². The van der Waals surface area contributed by atoms with Gasteiger partial charge in [-0.15, -0.1) is 0 Å². The first-order chi connectivity index (χ1) is 16.6. The summed E-state index contributed by atoms with van der Waals surface area (Å²) >= 11 is 0. The molecule has 2 aromatic carbocycles. The van der Waals surface area contributed by atoms with Crippen molar-refractivity contribution >= 4 is 17.5 Å². The molecule has 1 unspecified atom stereocenters. The molecule has 6 nitrogen and oxygen atoms in total. The van der Waals surface area contributed by atoms with Gasteiger partial charge in [-0.1, -0.05) is 18.2 Å². The van der Waals surface area contributed by atoms with E-state index in [1.54, 1.807) is 54.2 Å². The fourth-order valence-corrected chi connectivity index (χ4v) is 5.32. The summed E-state index contributed by atoms with van der Waals surface area (Å²) in [6.45, 7) is 1.65. The number of hydrogen-bond donors (Lipinski definition) is 0. The number of carbonyl (C=O) groups excluding carboxylic acids is 2. The molecular weight excluding hydrogens is 457 g/mol. The zero-order valence-corrected chi connectivity index (χ0v) is 19.7. The van der Waals surface area contributed by atoms with Gasteiger partial charge in [0.1, 0.15) is 0 Å². The largest absolute Gasteiger partial charge is 0.417 e. The molecule has 0 bridgehead atoms. The molecule has 2 heterocycles. The lowest BCUT2D eigenvalue weighted by Crippen LogP contribution is -2.48. The first kappa shape index (κ1) is 24.6. The van der Waals surface area contributed by atoms with Gasteiger partial charge in [-0.3, -0.25) is 9.59 Å². The summed E-state index contributed by atoms with van der Waals surface area (Å²) in [5, 5.41) is 9.07. The Hall–Kier alpha value is -3.54. The van der Waals surface area contributed by atoms with Crippen molar-refractivity contribution in [3.05, 3.63) is 65.2 Å². The summed E-state index contributed by atoms with van der Waals surface area (Å²) < 4.78 is 40.3. The zero-order valence-electron chi connectivity index (χ0n) is 19.7. The van der Waals surface area contributed by atoms with Crippen molar-refractivity contribution in [1.82, 2.24) is 9.80 Å². The van der Waals surface area contributed by atoms with E-state index in [1.165, 1.54) is 12.1 Å². The van der Waals surface area contributed by atoms with Crippen LogP contribution in [0.2, 0.25) is 0 Å². The van der Waals surface area contributed by atoms with Crippen LogP contribution in [0, 0.1) is 22.7 Å². The molecule has 4 rings (SSSR count). The van der Waals surface area contributed by atoms with Crippen LogP contribution in [0.3, 0.4) is 0 Å². The lowest BCUT2D eigenvalue weighted by atomic mass is 9.70. The Morgan fingerprint density at radius 2 is 1.74 bits per heavy atom. The monoisotopic (exact) mass is 484 g/mol. The van der Waals surface area contributed by atoms with E-state index in [0.717, 1.165) is 6.07 Å². The number of piperidine rings is 1. The number of hydrogen-bond acceptors (Lipinski definition) is 4. The first-order valence-electron chi connectivity index (χ1n) is 11.5. The molecule has 0 N–H and O–H groups in total. The average molecular weight is 485 g/mol. The van der Waals surface area contributed by atoms with Gasteiger partial charge in [-0.05, 0) is 43.2 Å². The van der Waals surface area contributed by atoms with Crippen LogP contribution in [0.5, 0.6) is 0 Å². The van der Waals surface area contributed by atoms with Gasteiger partial charge in [0.25, 0.3) is 5.91 Å². The molecular formula is C26H27F3N4O2. The second kappa shape index (κ2) is 9.25. The van der Waals surface area contributed by atoms with Crippen molar-refractivity contribution in [1.29, 1.82) is 5.26 Å². The normalized spacial score (nSPS) is 19.5. The van der Waals surface area contributed by atoms with Crippen molar-refractivity contribution in [3.8, 4) is 6.07 Å². The summed E-state index contributed by atoms with van der Waals surface area (Å²) in [5.41, 5.74) is -0.828. The smallest absolute Gasteiger partial charge is 0.371 e. The standard InChI is InChI=1S/C26H27F3N4O2/c1-31(2)24(35)22-16-33(23(34)18-6-4-3-5-7-18)17-25(22)10-12-32(13-11-25)20-9-8-19(15-30)21(14-20)26(27,28)29/h3-9,14,22H,10-13,16-17H2,1-2H3. The molecule has 2 amide bonds. The Bertz CT molecular complexity index is 1150. The molecule has 0 aromatic heterocycles. The van der Waals surface area contributed by atoms with Crippen LogP contribution in [0.15, 0.2) is 48.5 Å². The van der Waals surface area contributed by atoms with Crippen LogP contribution in [-0.2, 0) is 11.0 Å². The van der Waals surface area contributed by atoms with Gasteiger partial charge >= 0.3 is 6.18 Å². The SMILES string of the molecule is CN(C)C(=O)C1CN(C(=O)c2ccccc2)CC12CCN(c1ccc(C#N)c(C(F)(F)F)c1)CC2. The minimum atomic E-state index is -4.62. The van der Waals surface area contributed by atoms with Crippen molar-refractivity contribution < 1.29 is 22.8 Å². The minimum Gasteiger partial charge on any atom is -0.371 e. The maximum absolute atomic E-state index is 13.4. The number of nitriles is 1. The third kappa shape index (κ3) is 4.70. The van der Waals surface area contributed by atoms with E-state index in [9.17, 15) is 22.8 Å². The highest BCUT2D eigenvalue weighted by Crippen LogP contribution is 2.47. The topological polar surface area (TPSA) is 67.7 Å². The summed E-state index contributed by atoms with van der Waals surface area (Å²) in [6.07, 6.45) is -3.49. The highest BCUT2D eigenvalue weighted by atomic mass is 19.4. The van der Waals surface area contributed by atoms with Gasteiger partial charge in [-0.2, -0.15) is 18.4 Å². The van der Waals surface area contributed by atoms with Gasteiger partial charge in [0.15, 0.2) is 0 Å². The maximum atomic E-state index is 13.4. The lowest BCUT2D eigenvalue weighted by Gasteiger charge is -2.43. The van der Waals surface area contributed by atoms with E-state index < -0.39 is 22.7 Å². The van der Waals surface area contributed by atoms with Gasteiger partial charge in [0, 0.05) is 56.9 Å². The summed E-state index contributed by atoms with van der Waals surface area (Å²) in [7, 11) is 3.39. The molecule has 0 radical (unpaired) electrons. The van der Waals surface area contributed by atoms with E-state index in [0.29, 0.717) is 50.3 Å². The molecule has 1 atom stereocenters. The van der Waals surface area contributed by atoms with Crippen LogP contribution >= 0.6 is 0 Å². The molecule has 9 heteroatoms. The number of rotatable bonds is 3. The second-order valence-corrected chi connectivity index (χ2v) is 9.53. The van der Waals surface area contributed by atoms with Crippen molar-refractivity contribution in [2.45, 2.75) is 19.0 Å². The van der Waals surface area contributed by atoms with Crippen LogP contribution in [0.1, 0.15) is 34.3 Å². The zero-order chi connectivity index (χ0) is 25.4.